The molecule has 1 heterocycles. The lowest BCUT2D eigenvalue weighted by molar-refractivity contribution is -0.131. The molecule has 1 amide bonds. The quantitative estimate of drug-likeness (QED) is 0.685. The summed E-state index contributed by atoms with van der Waals surface area (Å²) in [5, 5.41) is 8.38. The van der Waals surface area contributed by atoms with Crippen LogP contribution in [0.2, 0.25) is 0 Å². The molecule has 1 rings (SSSR count). The first-order chi connectivity index (χ1) is 7.58. The van der Waals surface area contributed by atoms with Gasteiger partial charge < -0.3 is 15.6 Å². The molecule has 0 atom stereocenters. The summed E-state index contributed by atoms with van der Waals surface area (Å²) in [6, 6.07) is 3.13. The number of aliphatic carboxylic acids is 1. The molecule has 0 aliphatic rings. The fourth-order valence-electron chi connectivity index (χ4n) is 0.887. The van der Waals surface area contributed by atoms with Crippen LogP contribution in [0.5, 0.6) is 5.75 Å². The topological polar surface area (TPSA) is 103 Å². The molecule has 0 saturated carbocycles. The molecule has 0 spiro atoms. The van der Waals surface area contributed by atoms with Crippen LogP contribution >= 0.6 is 0 Å². The van der Waals surface area contributed by atoms with Gasteiger partial charge in [-0.3, -0.25) is 9.78 Å². The standard InChI is InChI=1S/C10H10N2O4/c11-9(13)6-16-8-3-1-7(12-5-8)2-4-10(14)15/h1-5H,6H2,(H2,11,13)(H,14,15). The first-order valence-corrected chi connectivity index (χ1v) is 4.36. The van der Waals surface area contributed by atoms with Gasteiger partial charge in [-0.25, -0.2) is 4.79 Å². The third-order valence-corrected chi connectivity index (χ3v) is 1.54. The highest BCUT2D eigenvalue weighted by atomic mass is 16.5. The van der Waals surface area contributed by atoms with Gasteiger partial charge in [0, 0.05) is 6.08 Å². The number of aromatic nitrogens is 1. The van der Waals surface area contributed by atoms with E-state index in [9.17, 15) is 9.59 Å². The number of primary amides is 1. The lowest BCUT2D eigenvalue weighted by atomic mass is 10.3. The van der Waals surface area contributed by atoms with Crippen LogP contribution in [-0.2, 0) is 9.59 Å². The van der Waals surface area contributed by atoms with Crippen LogP contribution in [-0.4, -0.2) is 28.6 Å². The Balaban J connectivity index is 2.60. The number of nitrogens with two attached hydrogens (primary N) is 1. The van der Waals surface area contributed by atoms with Crippen molar-refractivity contribution in [2.45, 2.75) is 0 Å². The Hall–Kier alpha value is -2.37. The molecule has 3 N–H and O–H groups in total. The normalized spacial score (nSPS) is 10.2. The van der Waals surface area contributed by atoms with Gasteiger partial charge in [0.05, 0.1) is 11.9 Å². The molecule has 1 aromatic rings. The van der Waals surface area contributed by atoms with Crippen molar-refractivity contribution in [3.63, 3.8) is 0 Å². The second kappa shape index (κ2) is 5.50. The monoisotopic (exact) mass is 222 g/mol. The van der Waals surface area contributed by atoms with E-state index in [0.717, 1.165) is 6.08 Å². The van der Waals surface area contributed by atoms with Gasteiger partial charge in [-0.1, -0.05) is 0 Å². The van der Waals surface area contributed by atoms with Gasteiger partial charge in [0.2, 0.25) is 0 Å². The second-order valence-electron chi connectivity index (χ2n) is 2.85. The fourth-order valence-corrected chi connectivity index (χ4v) is 0.887. The number of pyridine rings is 1. The molecule has 0 fully saturated rings. The zero-order valence-corrected chi connectivity index (χ0v) is 8.29. The van der Waals surface area contributed by atoms with Gasteiger partial charge in [0.1, 0.15) is 5.75 Å². The molecule has 0 saturated heterocycles. The van der Waals surface area contributed by atoms with Gasteiger partial charge in [0.15, 0.2) is 6.61 Å². The summed E-state index contributed by atoms with van der Waals surface area (Å²) in [6.45, 7) is -0.216. The molecule has 0 aliphatic carbocycles. The zero-order chi connectivity index (χ0) is 12.0. The van der Waals surface area contributed by atoms with Crippen molar-refractivity contribution in [2.75, 3.05) is 6.61 Å². The molecule has 0 bridgehead atoms. The van der Waals surface area contributed by atoms with Gasteiger partial charge >= 0.3 is 5.97 Å². The number of nitrogens with zero attached hydrogens (tertiary/aromatic N) is 1. The Labute approximate surface area is 91.4 Å². The van der Waals surface area contributed by atoms with Crippen LogP contribution in [0.25, 0.3) is 6.08 Å². The molecular weight excluding hydrogens is 212 g/mol. The van der Waals surface area contributed by atoms with Crippen molar-refractivity contribution in [1.29, 1.82) is 0 Å². The lowest BCUT2D eigenvalue weighted by Gasteiger charge is -2.02. The summed E-state index contributed by atoms with van der Waals surface area (Å²) >= 11 is 0. The summed E-state index contributed by atoms with van der Waals surface area (Å²) in [6.07, 6.45) is 3.71. The van der Waals surface area contributed by atoms with Crippen molar-refractivity contribution in [1.82, 2.24) is 4.98 Å². The average Bonchev–Trinajstić information content (AvgIpc) is 2.25. The summed E-state index contributed by atoms with van der Waals surface area (Å²) in [4.78, 5) is 24.5. The van der Waals surface area contributed by atoms with Crippen LogP contribution in [0.1, 0.15) is 5.69 Å². The van der Waals surface area contributed by atoms with Gasteiger partial charge in [-0.05, 0) is 18.2 Å². The Kier molecular flexibility index (Phi) is 4.02. The largest absolute Gasteiger partial charge is 0.482 e. The van der Waals surface area contributed by atoms with Crippen molar-refractivity contribution in [2.24, 2.45) is 5.73 Å². The second-order valence-corrected chi connectivity index (χ2v) is 2.85. The number of carboxylic acid groups (broad SMARTS) is 1. The number of carboxylic acids is 1. The number of amides is 1. The first-order valence-electron chi connectivity index (χ1n) is 4.36. The minimum absolute atomic E-state index is 0.216. The first kappa shape index (κ1) is 11.7. The molecule has 0 aliphatic heterocycles. The van der Waals surface area contributed by atoms with Crippen molar-refractivity contribution < 1.29 is 19.4 Å². The summed E-state index contributed by atoms with van der Waals surface area (Å²) in [5.41, 5.74) is 5.37. The highest BCUT2D eigenvalue weighted by molar-refractivity contribution is 5.84. The highest BCUT2D eigenvalue weighted by Gasteiger charge is 1.98. The molecule has 0 aromatic carbocycles. The SMILES string of the molecule is NC(=O)COc1ccc(C=CC(=O)O)nc1. The molecule has 84 valence electrons. The minimum Gasteiger partial charge on any atom is -0.482 e. The van der Waals surface area contributed by atoms with E-state index in [1.54, 1.807) is 12.1 Å². The minimum atomic E-state index is -1.05. The Morgan fingerprint density at radius 1 is 1.50 bits per heavy atom. The maximum absolute atomic E-state index is 10.4. The van der Waals surface area contributed by atoms with Crippen LogP contribution in [0, 0.1) is 0 Å². The van der Waals surface area contributed by atoms with Gasteiger partial charge in [0.25, 0.3) is 5.91 Å². The predicted molar refractivity (Wildman–Crippen MR) is 55.6 cm³/mol. The Bertz CT molecular complexity index is 411. The number of hydrogen-bond acceptors (Lipinski definition) is 4. The number of hydrogen-bond donors (Lipinski definition) is 2. The van der Waals surface area contributed by atoms with Crippen LogP contribution < -0.4 is 10.5 Å². The van der Waals surface area contributed by atoms with E-state index in [0.29, 0.717) is 11.4 Å². The van der Waals surface area contributed by atoms with E-state index < -0.39 is 11.9 Å². The molecule has 6 heteroatoms. The average molecular weight is 222 g/mol. The highest BCUT2D eigenvalue weighted by Crippen LogP contribution is 2.09. The third-order valence-electron chi connectivity index (χ3n) is 1.54. The molecular formula is C10H10N2O4. The Morgan fingerprint density at radius 3 is 2.75 bits per heavy atom. The van der Waals surface area contributed by atoms with E-state index in [-0.39, 0.29) is 6.61 Å². The lowest BCUT2D eigenvalue weighted by Crippen LogP contribution is -2.20. The zero-order valence-electron chi connectivity index (χ0n) is 8.29. The molecule has 1 aromatic heterocycles. The Morgan fingerprint density at radius 2 is 2.25 bits per heavy atom. The molecule has 0 unspecified atom stereocenters. The van der Waals surface area contributed by atoms with E-state index in [4.69, 9.17) is 15.6 Å². The summed E-state index contributed by atoms with van der Waals surface area (Å²) < 4.78 is 4.97. The van der Waals surface area contributed by atoms with E-state index in [2.05, 4.69) is 4.98 Å². The van der Waals surface area contributed by atoms with Crippen molar-refractivity contribution in [3.8, 4) is 5.75 Å². The van der Waals surface area contributed by atoms with Crippen LogP contribution in [0.15, 0.2) is 24.4 Å². The number of carbonyl (C=O) groups excluding carboxylic acids is 1. The summed E-state index contributed by atoms with van der Waals surface area (Å²) in [7, 11) is 0. The van der Waals surface area contributed by atoms with Gasteiger partial charge in [-0.15, -0.1) is 0 Å². The summed E-state index contributed by atoms with van der Waals surface area (Å²) in [5.74, 6) is -1.23. The van der Waals surface area contributed by atoms with Crippen molar-refractivity contribution in [3.05, 3.63) is 30.1 Å². The maximum atomic E-state index is 10.4. The van der Waals surface area contributed by atoms with Crippen LogP contribution in [0.4, 0.5) is 0 Å². The fraction of sp³-hybridized carbons (Fsp3) is 0.100. The molecule has 6 nitrogen and oxygen atoms in total. The van der Waals surface area contributed by atoms with E-state index >= 15 is 0 Å². The van der Waals surface area contributed by atoms with E-state index in [1.165, 1.54) is 12.3 Å². The third kappa shape index (κ3) is 4.23. The number of ether oxygens (including phenoxy) is 1. The smallest absolute Gasteiger partial charge is 0.328 e. The number of carbonyl (C=O) groups is 2. The number of rotatable bonds is 5. The maximum Gasteiger partial charge on any atom is 0.328 e. The molecule has 16 heavy (non-hydrogen) atoms. The predicted octanol–water partition coefficient (Wildman–Crippen LogP) is 0.0435. The van der Waals surface area contributed by atoms with Crippen molar-refractivity contribution >= 4 is 18.0 Å². The molecule has 0 radical (unpaired) electrons. The van der Waals surface area contributed by atoms with Crippen LogP contribution in [0.3, 0.4) is 0 Å². The van der Waals surface area contributed by atoms with Gasteiger partial charge in [-0.2, -0.15) is 0 Å². The van der Waals surface area contributed by atoms with E-state index in [1.807, 2.05) is 0 Å².